The van der Waals surface area contributed by atoms with Crippen molar-refractivity contribution in [2.75, 3.05) is 19.5 Å². The van der Waals surface area contributed by atoms with E-state index in [1.165, 1.54) is 26.6 Å². The maximum Gasteiger partial charge on any atom is 0.257 e. The molecule has 0 atom stereocenters. The van der Waals surface area contributed by atoms with E-state index in [1.54, 1.807) is 18.2 Å². The first-order valence-corrected chi connectivity index (χ1v) is 6.02. The summed E-state index contributed by atoms with van der Waals surface area (Å²) in [5, 5.41) is 2.79. The number of nitrogens with zero attached hydrogens (tertiary/aromatic N) is 2. The van der Waals surface area contributed by atoms with Crippen LogP contribution in [0, 0.1) is 0 Å². The number of ether oxygens (including phenoxy) is 2. The first-order chi connectivity index (χ1) is 9.62. The average Bonchev–Trinajstić information content (AvgIpc) is 2.46. The van der Waals surface area contributed by atoms with Crippen LogP contribution >= 0.6 is 11.6 Å². The molecule has 0 aliphatic heterocycles. The van der Waals surface area contributed by atoms with Crippen LogP contribution in [0.4, 0.5) is 5.82 Å². The minimum absolute atomic E-state index is 0.200. The highest BCUT2D eigenvalue weighted by Crippen LogP contribution is 2.23. The average molecular weight is 294 g/mol. The molecule has 0 radical (unpaired) electrons. The van der Waals surface area contributed by atoms with E-state index >= 15 is 0 Å². The normalized spacial score (nSPS) is 9.95. The van der Waals surface area contributed by atoms with Gasteiger partial charge < -0.3 is 14.8 Å². The number of nitrogens with one attached hydrogen (secondary N) is 1. The minimum atomic E-state index is -0.362. The van der Waals surface area contributed by atoms with Crippen molar-refractivity contribution in [3.63, 3.8) is 0 Å². The molecule has 0 saturated carbocycles. The summed E-state index contributed by atoms with van der Waals surface area (Å²) < 4.78 is 10.2. The molecule has 2 rings (SSSR count). The fraction of sp³-hybridized carbons (Fsp3) is 0.154. The molecule has 1 aromatic carbocycles. The van der Waals surface area contributed by atoms with Gasteiger partial charge in [0, 0.05) is 11.6 Å². The molecule has 2 aromatic rings. The highest BCUT2D eigenvalue weighted by molar-refractivity contribution is 6.29. The van der Waals surface area contributed by atoms with Crippen LogP contribution in [-0.2, 0) is 0 Å². The quantitative estimate of drug-likeness (QED) is 0.937. The van der Waals surface area contributed by atoms with Gasteiger partial charge in [0.1, 0.15) is 16.7 Å². The van der Waals surface area contributed by atoms with Gasteiger partial charge in [0.15, 0.2) is 5.82 Å². The molecule has 6 nitrogen and oxygen atoms in total. The number of anilines is 1. The summed E-state index contributed by atoms with van der Waals surface area (Å²) in [7, 11) is 3.03. The highest BCUT2D eigenvalue weighted by atomic mass is 35.5. The molecule has 0 bridgehead atoms. The zero-order valence-corrected chi connectivity index (χ0v) is 11.6. The van der Waals surface area contributed by atoms with E-state index in [4.69, 9.17) is 21.1 Å². The minimum Gasteiger partial charge on any atom is -0.497 e. The van der Waals surface area contributed by atoms with Crippen LogP contribution in [0.1, 0.15) is 10.4 Å². The molecule has 0 spiro atoms. The third kappa shape index (κ3) is 3.36. The summed E-state index contributed by atoms with van der Waals surface area (Å²) >= 11 is 5.70. The fourth-order valence-corrected chi connectivity index (χ4v) is 1.68. The van der Waals surface area contributed by atoms with Gasteiger partial charge in [-0.3, -0.25) is 9.78 Å². The molecule has 20 heavy (non-hydrogen) atoms. The van der Waals surface area contributed by atoms with E-state index in [1.807, 2.05) is 0 Å². The van der Waals surface area contributed by atoms with Crippen molar-refractivity contribution in [2.24, 2.45) is 0 Å². The topological polar surface area (TPSA) is 73.3 Å². The number of hydrogen-bond acceptors (Lipinski definition) is 5. The Balaban J connectivity index is 2.24. The summed E-state index contributed by atoms with van der Waals surface area (Å²) in [6, 6.07) is 4.86. The molecule has 0 fully saturated rings. The van der Waals surface area contributed by atoms with Crippen LogP contribution < -0.4 is 14.8 Å². The van der Waals surface area contributed by atoms with Gasteiger partial charge in [0.05, 0.1) is 26.6 Å². The van der Waals surface area contributed by atoms with Crippen LogP contribution in [0.25, 0.3) is 0 Å². The summed E-state index contributed by atoms with van der Waals surface area (Å²) in [4.78, 5) is 19.9. The second-order valence-electron chi connectivity index (χ2n) is 3.78. The number of carbonyl (C=O) groups is 1. The highest BCUT2D eigenvalue weighted by Gasteiger charge is 2.11. The number of benzene rings is 1. The Hall–Kier alpha value is -2.34. The maximum atomic E-state index is 12.1. The number of amides is 1. The van der Waals surface area contributed by atoms with Crippen LogP contribution in [0.15, 0.2) is 30.6 Å². The van der Waals surface area contributed by atoms with Gasteiger partial charge in [-0.1, -0.05) is 11.6 Å². The van der Waals surface area contributed by atoms with Crippen molar-refractivity contribution < 1.29 is 14.3 Å². The second kappa shape index (κ2) is 6.21. The van der Waals surface area contributed by atoms with Gasteiger partial charge in [-0.25, -0.2) is 4.98 Å². The van der Waals surface area contributed by atoms with Crippen molar-refractivity contribution in [1.29, 1.82) is 0 Å². The first kappa shape index (κ1) is 14.1. The van der Waals surface area contributed by atoms with Crippen LogP contribution in [0.3, 0.4) is 0 Å². The molecule has 0 unspecified atom stereocenters. The Morgan fingerprint density at radius 1 is 1.15 bits per heavy atom. The van der Waals surface area contributed by atoms with Crippen LogP contribution in [0.5, 0.6) is 11.5 Å². The van der Waals surface area contributed by atoms with Gasteiger partial charge in [0.2, 0.25) is 0 Å². The molecule has 1 amide bonds. The van der Waals surface area contributed by atoms with Gasteiger partial charge in [0.25, 0.3) is 5.91 Å². The Morgan fingerprint density at radius 3 is 2.35 bits per heavy atom. The van der Waals surface area contributed by atoms with E-state index in [0.717, 1.165) is 0 Å². The van der Waals surface area contributed by atoms with Crippen molar-refractivity contribution in [2.45, 2.75) is 0 Å². The number of halogens is 1. The maximum absolute atomic E-state index is 12.1. The third-order valence-electron chi connectivity index (χ3n) is 2.46. The molecule has 7 heteroatoms. The number of aromatic nitrogens is 2. The number of hydrogen-bond donors (Lipinski definition) is 1. The molecule has 1 heterocycles. The third-order valence-corrected chi connectivity index (χ3v) is 2.64. The van der Waals surface area contributed by atoms with Crippen molar-refractivity contribution in [3.8, 4) is 11.5 Å². The molecule has 0 aliphatic rings. The van der Waals surface area contributed by atoms with Crippen LogP contribution in [-0.4, -0.2) is 30.1 Å². The lowest BCUT2D eigenvalue weighted by Crippen LogP contribution is -2.13. The van der Waals surface area contributed by atoms with E-state index in [2.05, 4.69) is 15.3 Å². The Labute approximate surface area is 120 Å². The zero-order valence-electron chi connectivity index (χ0n) is 10.9. The summed E-state index contributed by atoms with van der Waals surface area (Å²) in [5.41, 5.74) is 0.378. The molecule has 104 valence electrons. The van der Waals surface area contributed by atoms with Gasteiger partial charge >= 0.3 is 0 Å². The summed E-state index contributed by atoms with van der Waals surface area (Å²) in [6.07, 6.45) is 2.78. The zero-order chi connectivity index (χ0) is 14.5. The lowest BCUT2D eigenvalue weighted by atomic mass is 10.2. The molecular weight excluding hydrogens is 282 g/mol. The van der Waals surface area contributed by atoms with Crippen molar-refractivity contribution >= 4 is 23.3 Å². The van der Waals surface area contributed by atoms with Crippen LogP contribution in [0.2, 0.25) is 5.15 Å². The van der Waals surface area contributed by atoms with E-state index < -0.39 is 0 Å². The first-order valence-electron chi connectivity index (χ1n) is 5.64. The lowest BCUT2D eigenvalue weighted by molar-refractivity contribution is 0.102. The van der Waals surface area contributed by atoms with Gasteiger partial charge in [-0.2, -0.15) is 0 Å². The predicted molar refractivity (Wildman–Crippen MR) is 74.5 cm³/mol. The lowest BCUT2D eigenvalue weighted by Gasteiger charge is -2.08. The van der Waals surface area contributed by atoms with Gasteiger partial charge in [-0.05, 0) is 12.1 Å². The van der Waals surface area contributed by atoms with E-state index in [9.17, 15) is 4.79 Å². The van der Waals surface area contributed by atoms with Gasteiger partial charge in [-0.15, -0.1) is 0 Å². The molecule has 0 saturated heterocycles. The number of rotatable bonds is 4. The second-order valence-corrected chi connectivity index (χ2v) is 4.17. The molecule has 1 N–H and O–H groups in total. The molecular formula is C13H12ClN3O3. The Kier molecular flexibility index (Phi) is 4.37. The summed E-state index contributed by atoms with van der Waals surface area (Å²) in [6.45, 7) is 0. The van der Waals surface area contributed by atoms with Crippen molar-refractivity contribution in [3.05, 3.63) is 41.3 Å². The Bertz CT molecular complexity index is 612. The predicted octanol–water partition coefficient (Wildman–Crippen LogP) is 2.40. The smallest absolute Gasteiger partial charge is 0.257 e. The largest absolute Gasteiger partial charge is 0.497 e. The number of carbonyl (C=O) groups excluding carboxylic acids is 1. The fourth-order valence-electron chi connectivity index (χ4n) is 1.53. The van der Waals surface area contributed by atoms with E-state index in [-0.39, 0.29) is 16.9 Å². The summed E-state index contributed by atoms with van der Waals surface area (Å²) in [5.74, 6) is 0.946. The monoisotopic (exact) mass is 293 g/mol. The van der Waals surface area contributed by atoms with E-state index in [0.29, 0.717) is 17.1 Å². The van der Waals surface area contributed by atoms with Crippen molar-refractivity contribution in [1.82, 2.24) is 9.97 Å². The Morgan fingerprint density at radius 2 is 1.80 bits per heavy atom. The SMILES string of the molecule is COc1cc(OC)cc(C(=O)Nc2cncc(Cl)n2)c1. The molecule has 0 aliphatic carbocycles. The molecule has 1 aromatic heterocycles. The number of methoxy groups -OCH3 is 2. The standard InChI is InChI=1S/C13H12ClN3O3/c1-19-9-3-8(4-10(5-9)20-2)13(18)17-12-7-15-6-11(14)16-12/h3-7H,1-2H3,(H,16,17,18).